The van der Waals surface area contributed by atoms with Crippen molar-refractivity contribution in [3.63, 3.8) is 0 Å². The highest BCUT2D eigenvalue weighted by atomic mass is 35.5. The molecule has 1 N–H and O–H groups in total. The highest BCUT2D eigenvalue weighted by Crippen LogP contribution is 2.26. The maximum absolute atomic E-state index is 12.9. The van der Waals surface area contributed by atoms with E-state index in [2.05, 4.69) is 15.3 Å². The van der Waals surface area contributed by atoms with Crippen LogP contribution in [0.4, 0.5) is 15.9 Å². The van der Waals surface area contributed by atoms with Crippen LogP contribution in [0.25, 0.3) is 0 Å². The molecule has 3 nitrogen and oxygen atoms in total. The predicted octanol–water partition coefficient (Wildman–Crippen LogP) is 4.32. The van der Waals surface area contributed by atoms with Crippen molar-refractivity contribution in [2.45, 2.75) is 0 Å². The summed E-state index contributed by atoms with van der Waals surface area (Å²) in [6.45, 7) is 0. The van der Waals surface area contributed by atoms with Crippen LogP contribution in [0.3, 0.4) is 0 Å². The minimum absolute atomic E-state index is 0.00581. The van der Waals surface area contributed by atoms with Gasteiger partial charge in [0.2, 0.25) is 5.28 Å². The number of hydrogen-bond donors (Lipinski definition) is 1. The van der Waals surface area contributed by atoms with E-state index in [1.54, 1.807) is 0 Å². The van der Waals surface area contributed by atoms with Crippen LogP contribution in [0.2, 0.25) is 15.3 Å². The molecule has 2 rings (SSSR count). The first-order valence-electron chi connectivity index (χ1n) is 4.46. The molecule has 0 spiro atoms. The Morgan fingerprint density at radius 2 is 1.88 bits per heavy atom. The fraction of sp³-hybridized carbons (Fsp3) is 0. The third kappa shape index (κ3) is 2.97. The van der Waals surface area contributed by atoms with Crippen molar-refractivity contribution in [3.05, 3.63) is 45.5 Å². The topological polar surface area (TPSA) is 37.8 Å². The molecule has 1 aromatic carbocycles. The summed E-state index contributed by atoms with van der Waals surface area (Å²) in [5, 5.41) is 3.23. The van der Waals surface area contributed by atoms with Crippen molar-refractivity contribution in [2.75, 3.05) is 5.32 Å². The predicted molar refractivity (Wildman–Crippen MR) is 66.7 cm³/mol. The molecule has 0 radical (unpaired) electrons. The highest BCUT2D eigenvalue weighted by molar-refractivity contribution is 6.33. The van der Waals surface area contributed by atoms with Crippen LogP contribution >= 0.6 is 34.8 Å². The van der Waals surface area contributed by atoms with Gasteiger partial charge in [0, 0.05) is 5.69 Å². The monoisotopic (exact) mass is 291 g/mol. The summed E-state index contributed by atoms with van der Waals surface area (Å²) in [5.74, 6) is -0.168. The number of anilines is 2. The van der Waals surface area contributed by atoms with E-state index < -0.39 is 5.82 Å². The van der Waals surface area contributed by atoms with Gasteiger partial charge in [-0.3, -0.25) is 0 Å². The van der Waals surface area contributed by atoms with Crippen LogP contribution < -0.4 is 5.32 Å². The van der Waals surface area contributed by atoms with Crippen molar-refractivity contribution in [3.8, 4) is 0 Å². The zero-order valence-corrected chi connectivity index (χ0v) is 10.5. The zero-order valence-electron chi connectivity index (χ0n) is 8.22. The summed E-state index contributed by atoms with van der Waals surface area (Å²) in [4.78, 5) is 7.60. The Kier molecular flexibility index (Phi) is 3.66. The van der Waals surface area contributed by atoms with Crippen molar-refractivity contribution in [2.24, 2.45) is 0 Å². The Morgan fingerprint density at radius 1 is 1.12 bits per heavy atom. The number of aromatic nitrogens is 2. The van der Waals surface area contributed by atoms with Crippen LogP contribution in [-0.2, 0) is 0 Å². The van der Waals surface area contributed by atoms with E-state index in [1.807, 2.05) is 0 Å². The number of benzene rings is 1. The first-order chi connectivity index (χ1) is 8.06. The van der Waals surface area contributed by atoms with Crippen LogP contribution in [0.15, 0.2) is 24.4 Å². The van der Waals surface area contributed by atoms with Gasteiger partial charge < -0.3 is 5.32 Å². The van der Waals surface area contributed by atoms with E-state index in [9.17, 15) is 4.39 Å². The third-order valence-corrected chi connectivity index (χ3v) is 2.65. The maximum atomic E-state index is 12.9. The Hall–Kier alpha value is -1.10. The zero-order chi connectivity index (χ0) is 12.4. The van der Waals surface area contributed by atoms with E-state index in [4.69, 9.17) is 34.8 Å². The van der Waals surface area contributed by atoms with Gasteiger partial charge in [0.15, 0.2) is 5.82 Å². The van der Waals surface area contributed by atoms with E-state index in [1.165, 1.54) is 24.4 Å². The largest absolute Gasteiger partial charge is 0.339 e. The number of nitrogens with one attached hydrogen (secondary N) is 1. The van der Waals surface area contributed by atoms with Gasteiger partial charge >= 0.3 is 0 Å². The van der Waals surface area contributed by atoms with E-state index in [0.717, 1.165) is 0 Å². The molecule has 0 aliphatic heterocycles. The van der Waals surface area contributed by atoms with Gasteiger partial charge in [0.05, 0.1) is 11.2 Å². The van der Waals surface area contributed by atoms with Gasteiger partial charge in [-0.15, -0.1) is 0 Å². The van der Waals surface area contributed by atoms with Crippen LogP contribution in [0.1, 0.15) is 0 Å². The van der Waals surface area contributed by atoms with Crippen molar-refractivity contribution < 1.29 is 4.39 Å². The molecule has 17 heavy (non-hydrogen) atoms. The summed E-state index contributed by atoms with van der Waals surface area (Å²) in [6, 6.07) is 4.16. The van der Waals surface area contributed by atoms with Crippen molar-refractivity contribution in [1.29, 1.82) is 0 Å². The summed E-state index contributed by atoms with van der Waals surface area (Å²) in [5.41, 5.74) is 0.549. The van der Waals surface area contributed by atoms with Gasteiger partial charge in [-0.2, -0.15) is 4.98 Å². The summed E-state index contributed by atoms with van der Waals surface area (Å²) >= 11 is 17.1. The quantitative estimate of drug-likeness (QED) is 0.838. The van der Waals surface area contributed by atoms with E-state index >= 15 is 0 Å². The SMILES string of the molecule is Fc1ccc(Nc2nc(Cl)ncc2Cl)cc1Cl. The molecule has 0 unspecified atom stereocenters. The number of rotatable bonds is 2. The minimum atomic E-state index is -0.496. The fourth-order valence-corrected chi connectivity index (χ4v) is 1.60. The molecular weight excluding hydrogens is 287 g/mol. The molecule has 2 aromatic rings. The first-order valence-corrected chi connectivity index (χ1v) is 5.60. The minimum Gasteiger partial charge on any atom is -0.339 e. The molecule has 0 amide bonds. The van der Waals surface area contributed by atoms with Gasteiger partial charge in [-0.1, -0.05) is 23.2 Å². The lowest BCUT2D eigenvalue weighted by Gasteiger charge is -2.07. The first kappa shape index (κ1) is 12.4. The molecule has 88 valence electrons. The lowest BCUT2D eigenvalue weighted by atomic mass is 10.3. The Morgan fingerprint density at radius 3 is 2.59 bits per heavy atom. The smallest absolute Gasteiger partial charge is 0.224 e. The summed E-state index contributed by atoms with van der Waals surface area (Å²) < 4.78 is 12.9. The third-order valence-electron chi connectivity index (χ3n) is 1.90. The molecule has 0 aliphatic rings. The lowest BCUT2D eigenvalue weighted by molar-refractivity contribution is 0.628. The second-order valence-corrected chi connectivity index (χ2v) is 4.24. The maximum Gasteiger partial charge on any atom is 0.224 e. The molecule has 0 bridgehead atoms. The van der Waals surface area contributed by atoms with E-state index in [0.29, 0.717) is 16.5 Å². The van der Waals surface area contributed by atoms with Gasteiger partial charge in [-0.05, 0) is 29.8 Å². The standard InChI is InChI=1S/C10H5Cl3FN3/c11-6-3-5(1-2-8(6)14)16-9-7(12)4-15-10(13)17-9/h1-4H,(H,15,16,17). The second-order valence-electron chi connectivity index (χ2n) is 3.09. The molecule has 1 heterocycles. The Bertz CT molecular complexity index is 562. The second kappa shape index (κ2) is 5.04. The molecule has 0 aliphatic carbocycles. The molecule has 7 heteroatoms. The number of nitrogens with zero attached hydrogens (tertiary/aromatic N) is 2. The van der Waals surface area contributed by atoms with Crippen LogP contribution in [-0.4, -0.2) is 9.97 Å². The average Bonchev–Trinajstić information content (AvgIpc) is 2.29. The van der Waals surface area contributed by atoms with E-state index in [-0.39, 0.29) is 10.3 Å². The number of hydrogen-bond acceptors (Lipinski definition) is 3. The molecule has 0 saturated carbocycles. The fourth-order valence-electron chi connectivity index (χ4n) is 1.14. The Balaban J connectivity index is 2.31. The van der Waals surface area contributed by atoms with Crippen molar-refractivity contribution in [1.82, 2.24) is 9.97 Å². The molecule has 1 aromatic heterocycles. The summed E-state index contributed by atoms with van der Waals surface area (Å²) in [6.07, 6.45) is 1.37. The highest BCUT2D eigenvalue weighted by Gasteiger charge is 2.06. The molecule has 0 saturated heterocycles. The number of halogens is 4. The average molecular weight is 293 g/mol. The normalized spacial score (nSPS) is 10.4. The molecule has 0 atom stereocenters. The van der Waals surface area contributed by atoms with Crippen LogP contribution in [0, 0.1) is 5.82 Å². The van der Waals surface area contributed by atoms with Crippen LogP contribution in [0.5, 0.6) is 0 Å². The lowest BCUT2D eigenvalue weighted by Crippen LogP contribution is -1.96. The summed E-state index contributed by atoms with van der Waals surface area (Å²) in [7, 11) is 0. The molecular formula is C10H5Cl3FN3. The molecule has 0 fully saturated rings. The van der Waals surface area contributed by atoms with Crippen molar-refractivity contribution >= 4 is 46.3 Å². The van der Waals surface area contributed by atoms with Gasteiger partial charge in [-0.25, -0.2) is 9.37 Å². The Labute approximate surface area is 112 Å². The van der Waals surface area contributed by atoms with Gasteiger partial charge in [0.1, 0.15) is 10.8 Å². The van der Waals surface area contributed by atoms with Gasteiger partial charge in [0.25, 0.3) is 0 Å².